The van der Waals surface area contributed by atoms with Crippen LogP contribution in [-0.4, -0.2) is 161 Å². The average Bonchev–Trinajstić information content (AvgIpc) is 1.68. The van der Waals surface area contributed by atoms with Crippen LogP contribution in [0.1, 0.15) is 107 Å². The van der Waals surface area contributed by atoms with Crippen molar-refractivity contribution in [3.05, 3.63) is 72.1 Å². The fourth-order valence-corrected chi connectivity index (χ4v) is 8.71. The van der Waals surface area contributed by atoms with E-state index in [0.29, 0.717) is 72.0 Å². The first-order chi connectivity index (χ1) is 41.7. The Morgan fingerprint density at radius 3 is 1.41 bits per heavy atom. The normalized spacial score (nSPS) is 13.2. The van der Waals surface area contributed by atoms with Crippen molar-refractivity contribution < 1.29 is 175 Å². The first kappa shape index (κ1) is 80.3. The molecule has 2 atom stereocenters. The van der Waals surface area contributed by atoms with Gasteiger partial charge in [-0.1, -0.05) is 36.1 Å². The van der Waals surface area contributed by atoms with Crippen molar-refractivity contribution in [2.24, 2.45) is 0 Å². The van der Waals surface area contributed by atoms with Crippen LogP contribution in [-0.2, 0) is 46.4 Å². The zero-order chi connectivity index (χ0) is 65.2. The monoisotopic (exact) mass is 1310 g/mol. The van der Waals surface area contributed by atoms with Crippen molar-refractivity contribution >= 4 is 71.4 Å². The summed E-state index contributed by atoms with van der Waals surface area (Å²) in [6, 6.07) is 11.7. The number of alkyl halides is 3. The van der Waals surface area contributed by atoms with Crippen LogP contribution < -0.4 is 148 Å². The SMILES string of the molecule is C#CCN(C(=O)C(F)(F)F)c1cnc(N(CC)CC)nc1N[C@@H](Cc1ccc(OC(=O)N2CCCC2)cc1)C(=O)OC(C)(C)C.C#CCNc1cnc(N(CC)CC)nc1N[C@@H](Cc1ccc(OC(=O)N2CCCC2)cc1)C(=O)OC(C)(C)C.O=CO[O-].[H-].[K+].[K+]. The van der Waals surface area contributed by atoms with E-state index in [4.69, 9.17) is 46.8 Å². The Labute approximate surface area is 611 Å². The second-order valence-electron chi connectivity index (χ2n) is 21.8. The molecule has 4 heterocycles. The second-order valence-corrected chi connectivity index (χ2v) is 21.8. The summed E-state index contributed by atoms with van der Waals surface area (Å²) >= 11 is 0. The number of rotatable bonds is 23. The van der Waals surface area contributed by atoms with Gasteiger partial charge in [0.05, 0.1) is 31.2 Å². The molecule has 480 valence electrons. The fourth-order valence-electron chi connectivity index (χ4n) is 8.71. The second kappa shape index (κ2) is 39.5. The van der Waals surface area contributed by atoms with Crippen LogP contribution in [0.5, 0.6) is 11.5 Å². The summed E-state index contributed by atoms with van der Waals surface area (Å²) in [6.45, 7) is 22.8. The Morgan fingerprint density at radius 1 is 0.667 bits per heavy atom. The molecule has 0 bridgehead atoms. The molecule has 3 amide bonds. The van der Waals surface area contributed by atoms with Crippen LogP contribution in [0.4, 0.5) is 57.7 Å². The molecule has 0 radical (unpaired) electrons. The molecule has 24 nitrogen and oxygen atoms in total. The number of nitrogens with one attached hydrogen (secondary N) is 3. The molecule has 2 aromatic carbocycles. The number of benzene rings is 2. The van der Waals surface area contributed by atoms with Gasteiger partial charge in [-0.05, 0) is 130 Å². The third kappa shape index (κ3) is 26.8. The number of hydrogen-bond donors (Lipinski definition) is 3. The van der Waals surface area contributed by atoms with Crippen molar-refractivity contribution in [1.29, 1.82) is 0 Å². The Bertz CT molecular complexity index is 3020. The third-order valence-electron chi connectivity index (χ3n) is 12.9. The fraction of sp³-hybridized carbons (Fsp3) is 0.508. The number of anilines is 6. The predicted octanol–water partition coefficient (Wildman–Crippen LogP) is 1.69. The average molecular weight is 1310 g/mol. The molecule has 2 saturated heterocycles. The van der Waals surface area contributed by atoms with E-state index < -0.39 is 59.9 Å². The maximum atomic E-state index is 13.6. The van der Waals surface area contributed by atoms with E-state index in [1.54, 1.807) is 78.1 Å². The molecule has 3 N–H and O–H groups in total. The molecule has 29 heteroatoms. The zero-order valence-electron chi connectivity index (χ0n) is 54.5. The number of carbonyl (C=O) groups is 6. The Morgan fingerprint density at radius 2 is 1.06 bits per heavy atom. The summed E-state index contributed by atoms with van der Waals surface area (Å²) in [5.41, 5.74) is 0.132. The number of nitrogens with zero attached hydrogens (tertiary/aromatic N) is 9. The summed E-state index contributed by atoms with van der Waals surface area (Å²) in [7, 11) is 0. The Kier molecular flexibility index (Phi) is 35.3. The van der Waals surface area contributed by atoms with E-state index in [1.165, 1.54) is 0 Å². The first-order valence-corrected chi connectivity index (χ1v) is 28.8. The number of terminal acetylenes is 2. The number of carbonyl (C=O) groups excluding carboxylic acids is 6. The molecule has 0 saturated carbocycles. The molecule has 0 aliphatic carbocycles. The van der Waals surface area contributed by atoms with Crippen molar-refractivity contribution in [2.75, 3.05) is 96.1 Å². The summed E-state index contributed by atoms with van der Waals surface area (Å²) < 4.78 is 63.1. The van der Waals surface area contributed by atoms with Crippen LogP contribution in [0.15, 0.2) is 60.9 Å². The number of esters is 2. The van der Waals surface area contributed by atoms with Gasteiger partial charge >= 0.3 is 139 Å². The van der Waals surface area contributed by atoms with E-state index in [1.807, 2.05) is 65.5 Å². The third-order valence-corrected chi connectivity index (χ3v) is 12.9. The zero-order valence-corrected chi connectivity index (χ0v) is 59.8. The molecule has 2 aliphatic heterocycles. The number of likely N-dealkylation sites (tertiary alicyclic amines) is 2. The molecule has 2 aromatic heterocycles. The van der Waals surface area contributed by atoms with Gasteiger partial charge < -0.3 is 66.1 Å². The van der Waals surface area contributed by atoms with Crippen molar-refractivity contribution in [3.8, 4) is 36.2 Å². The number of aromatic nitrogens is 4. The maximum absolute atomic E-state index is 13.6. The minimum Gasteiger partial charge on any atom is -1.00 e. The summed E-state index contributed by atoms with van der Waals surface area (Å²) in [5, 5.41) is 17.8. The predicted molar refractivity (Wildman–Crippen MR) is 324 cm³/mol. The Hall–Kier alpha value is -5.84. The van der Waals surface area contributed by atoms with E-state index in [0.717, 1.165) is 63.6 Å². The Balaban J connectivity index is 0.000000839. The first-order valence-electron chi connectivity index (χ1n) is 28.8. The smallest absolute Gasteiger partial charge is 1.00 e. The number of hydrogen-bond acceptors (Lipinski definition) is 21. The standard InChI is InChI=1S/C31H39F3N6O5.C29H40N6O4.CH2O3.2K.H/c1-7-16-40(27(42)31(32,33)34)24-20-35-28(38(8-2)9-3)37-25(24)36-23(26(41)45-30(4,5)6)19-21-12-14-22(15-13-21)44-29(43)39-17-10-11-18-39;1-7-16-30-24-20-31-27(34(8-2)9-3)33-25(24)32-23(26(36)39-29(4,5)6)19-21-12-14-22(15-13-21)38-28(37)35-17-10-11-18-35;2-1-4-3;;;/h1,12-15,20,23H,8-11,16-19H2,2-6H3,(H,35,36,37);1,12-15,20,23,30H,8-11,16-19H2,2-6H3,(H,31,32,33);1,3H;;;/q;;;2*+1;-1/p-1/t2*23-;;;;/m00..../s1. The molecule has 2 aliphatic rings. The summed E-state index contributed by atoms with van der Waals surface area (Å²) in [6.07, 6.45) is 11.6. The van der Waals surface area contributed by atoms with E-state index in [-0.39, 0.29) is 147 Å². The van der Waals surface area contributed by atoms with Gasteiger partial charge in [0, 0.05) is 65.2 Å². The van der Waals surface area contributed by atoms with Crippen LogP contribution in [0, 0.1) is 24.7 Å². The summed E-state index contributed by atoms with van der Waals surface area (Å²) in [4.78, 5) is 100. The van der Waals surface area contributed by atoms with Gasteiger partial charge in [0.15, 0.2) is 11.6 Å². The van der Waals surface area contributed by atoms with Crippen LogP contribution >= 0.6 is 0 Å². The quantitative estimate of drug-likeness (QED) is 0.0238. The van der Waals surface area contributed by atoms with Gasteiger partial charge in [0.25, 0.3) is 6.47 Å². The molecule has 6 rings (SSSR count). The van der Waals surface area contributed by atoms with Gasteiger partial charge in [-0.3, -0.25) is 14.5 Å². The van der Waals surface area contributed by atoms with E-state index in [2.05, 4.69) is 47.6 Å². The summed E-state index contributed by atoms with van der Waals surface area (Å²) in [5.74, 6) is 2.99. The van der Waals surface area contributed by atoms with Crippen molar-refractivity contribution in [3.63, 3.8) is 0 Å². The molecule has 4 aromatic rings. The minimum atomic E-state index is -5.24. The van der Waals surface area contributed by atoms with E-state index >= 15 is 0 Å². The minimum absolute atomic E-state index is 0. The van der Waals surface area contributed by atoms with Gasteiger partial charge in [-0.2, -0.15) is 23.1 Å². The van der Waals surface area contributed by atoms with Gasteiger partial charge in [-0.15, -0.1) is 12.8 Å². The molecular weight excluding hydrogens is 1230 g/mol. The molecular formula is C61H81F3K2N12O12. The van der Waals surface area contributed by atoms with Gasteiger partial charge in [-0.25, -0.2) is 29.1 Å². The number of amides is 3. The maximum Gasteiger partial charge on any atom is 1.00 e. The largest absolute Gasteiger partial charge is 1.00 e. The molecule has 0 unspecified atom stereocenters. The van der Waals surface area contributed by atoms with Gasteiger partial charge in [0.1, 0.15) is 40.5 Å². The van der Waals surface area contributed by atoms with Crippen molar-refractivity contribution in [1.82, 2.24) is 29.7 Å². The topological polar surface area (TPSA) is 275 Å². The number of halogens is 3. The van der Waals surface area contributed by atoms with Crippen LogP contribution in [0.25, 0.3) is 0 Å². The van der Waals surface area contributed by atoms with E-state index in [9.17, 15) is 37.1 Å². The molecule has 2 fully saturated rings. The van der Waals surface area contributed by atoms with Crippen molar-refractivity contribution in [2.45, 2.75) is 137 Å². The number of ether oxygens (including phenoxy) is 4. The molecule has 90 heavy (non-hydrogen) atoms. The van der Waals surface area contributed by atoms with Crippen LogP contribution in [0.3, 0.4) is 0 Å². The van der Waals surface area contributed by atoms with Crippen LogP contribution in [0.2, 0.25) is 0 Å². The van der Waals surface area contributed by atoms with Gasteiger partial charge in [0.2, 0.25) is 11.9 Å². The molecule has 0 spiro atoms.